The van der Waals surface area contributed by atoms with Gasteiger partial charge in [0.1, 0.15) is 46.9 Å². The van der Waals surface area contributed by atoms with E-state index in [9.17, 15) is 19.2 Å². The summed E-state index contributed by atoms with van der Waals surface area (Å²) in [6.07, 6.45) is 0.749. The Morgan fingerprint density at radius 2 is 1.25 bits per heavy atom. The van der Waals surface area contributed by atoms with Gasteiger partial charge in [-0.3, -0.25) is 9.59 Å². The number of likely N-dealkylation sites (tertiary alicyclic amines) is 2. The maximum Gasteiger partial charge on any atom is 0.407 e. The van der Waals surface area contributed by atoms with Crippen molar-refractivity contribution in [3.8, 4) is 22.3 Å². The Morgan fingerprint density at radius 1 is 0.772 bits per heavy atom. The van der Waals surface area contributed by atoms with E-state index in [2.05, 4.69) is 40.0 Å². The maximum absolute atomic E-state index is 16.2. The van der Waals surface area contributed by atoms with Crippen LogP contribution in [-0.4, -0.2) is 93.6 Å². The molecule has 2 aliphatic rings. The number of H-pyrrole nitrogens is 2. The molecule has 7 rings (SSSR count). The predicted octanol–water partition coefficient (Wildman–Crippen LogP) is 6.39. The quantitative estimate of drug-likeness (QED) is 0.124. The number of hydrogen-bond acceptors (Lipinski definition) is 8. The van der Waals surface area contributed by atoms with Crippen LogP contribution in [0.15, 0.2) is 36.4 Å². The minimum Gasteiger partial charge on any atom is -0.453 e. The normalized spacial score (nSPS) is 17.4. The third-order valence-electron chi connectivity index (χ3n) is 10.5. The number of nitrogens with one attached hydrogen (secondary N) is 4. The number of carbonyl (C=O) groups is 4. The number of halogens is 4. The van der Waals surface area contributed by atoms with Crippen LogP contribution < -0.4 is 10.6 Å². The van der Waals surface area contributed by atoms with Crippen LogP contribution in [0.3, 0.4) is 0 Å². The van der Waals surface area contributed by atoms with Crippen molar-refractivity contribution < 1.29 is 46.2 Å². The lowest BCUT2D eigenvalue weighted by atomic mass is 9.98. The van der Waals surface area contributed by atoms with E-state index >= 15 is 17.6 Å². The molecule has 300 valence electrons. The summed E-state index contributed by atoms with van der Waals surface area (Å²) < 4.78 is 72.7. The van der Waals surface area contributed by atoms with Crippen LogP contribution in [0.4, 0.5) is 27.2 Å². The molecule has 5 aromatic rings. The first-order chi connectivity index (χ1) is 27.3. The molecule has 3 aromatic carbocycles. The van der Waals surface area contributed by atoms with Gasteiger partial charge in [-0.1, -0.05) is 38.1 Å². The number of aromatic nitrogens is 4. The van der Waals surface area contributed by atoms with Gasteiger partial charge in [0, 0.05) is 25.2 Å². The van der Waals surface area contributed by atoms with E-state index < -0.39 is 70.6 Å². The maximum atomic E-state index is 16.2. The summed E-state index contributed by atoms with van der Waals surface area (Å²) >= 11 is 0. The highest BCUT2D eigenvalue weighted by molar-refractivity contribution is 5.88. The van der Waals surface area contributed by atoms with Crippen LogP contribution >= 0.6 is 0 Å². The summed E-state index contributed by atoms with van der Waals surface area (Å²) in [7, 11) is 2.38. The lowest BCUT2D eigenvalue weighted by Gasteiger charge is -2.29. The largest absolute Gasteiger partial charge is 0.453 e. The Labute approximate surface area is 323 Å². The number of benzene rings is 3. The second-order valence-corrected chi connectivity index (χ2v) is 14.3. The zero-order valence-electron chi connectivity index (χ0n) is 31.5. The van der Waals surface area contributed by atoms with Gasteiger partial charge >= 0.3 is 12.2 Å². The molecule has 1 unspecified atom stereocenters. The number of imidazole rings is 2. The first-order valence-corrected chi connectivity index (χ1v) is 18.4. The Hall–Kier alpha value is -6.20. The SMILES string of the molecule is COC(=O)NCC(=O)N1CCC[C@H]1c1nc2cc(F)c(-c3ccc(-c4c(F)cc5nc([C@@H]6CCCN6C(=O)C(NC(=O)OC)C(C)C)[nH]c5c4F)cc3)c(F)c2[nH]1. The third-order valence-corrected chi connectivity index (χ3v) is 10.5. The first-order valence-electron chi connectivity index (χ1n) is 18.4. The number of amides is 4. The molecule has 4 N–H and O–H groups in total. The van der Waals surface area contributed by atoms with E-state index in [0.29, 0.717) is 38.8 Å². The Kier molecular flexibility index (Phi) is 10.8. The number of carbonyl (C=O) groups excluding carboxylic acids is 4. The topological polar surface area (TPSA) is 175 Å². The molecule has 0 aliphatic carbocycles. The van der Waals surface area contributed by atoms with E-state index in [-0.39, 0.29) is 63.2 Å². The molecule has 18 heteroatoms. The minimum absolute atomic E-state index is 0.00594. The van der Waals surface area contributed by atoms with Crippen LogP contribution in [0.2, 0.25) is 0 Å². The number of ether oxygens (including phenoxy) is 2. The summed E-state index contributed by atoms with van der Waals surface area (Å²) in [6, 6.07) is 5.53. The van der Waals surface area contributed by atoms with Crippen molar-refractivity contribution in [1.29, 1.82) is 0 Å². The summed E-state index contributed by atoms with van der Waals surface area (Å²) in [5, 5.41) is 4.92. The van der Waals surface area contributed by atoms with E-state index in [4.69, 9.17) is 0 Å². The molecule has 2 saturated heterocycles. The molecule has 0 saturated carbocycles. The third kappa shape index (κ3) is 7.31. The average Bonchev–Trinajstić information content (AvgIpc) is 4.02. The van der Waals surface area contributed by atoms with Crippen LogP contribution in [0.1, 0.15) is 63.3 Å². The molecule has 2 aromatic heterocycles. The number of methoxy groups -OCH3 is 2. The van der Waals surface area contributed by atoms with Gasteiger partial charge in [0.2, 0.25) is 11.8 Å². The molecule has 0 spiro atoms. The Morgan fingerprint density at radius 3 is 1.72 bits per heavy atom. The number of aromatic amines is 2. The van der Waals surface area contributed by atoms with Crippen LogP contribution in [0.5, 0.6) is 0 Å². The molecule has 14 nitrogen and oxygen atoms in total. The molecule has 0 bridgehead atoms. The number of hydrogen-bond donors (Lipinski definition) is 4. The number of fused-ring (bicyclic) bond motifs is 2. The van der Waals surface area contributed by atoms with Crippen LogP contribution in [0.25, 0.3) is 44.3 Å². The average molecular weight is 793 g/mol. The van der Waals surface area contributed by atoms with E-state index in [1.54, 1.807) is 18.7 Å². The smallest absolute Gasteiger partial charge is 0.407 e. The lowest BCUT2D eigenvalue weighted by Crippen LogP contribution is -2.51. The number of nitrogens with zero attached hydrogens (tertiary/aromatic N) is 4. The summed E-state index contributed by atoms with van der Waals surface area (Å²) in [5.74, 6) is -4.22. The zero-order valence-corrected chi connectivity index (χ0v) is 31.5. The van der Waals surface area contributed by atoms with E-state index in [0.717, 1.165) is 12.1 Å². The van der Waals surface area contributed by atoms with Gasteiger partial charge in [0.05, 0.1) is 48.5 Å². The first kappa shape index (κ1) is 39.1. The van der Waals surface area contributed by atoms with Crippen molar-refractivity contribution in [2.24, 2.45) is 5.92 Å². The summed E-state index contributed by atoms with van der Waals surface area (Å²) in [6.45, 7) is 4.00. The molecular weight excluding hydrogens is 752 g/mol. The fourth-order valence-electron chi connectivity index (χ4n) is 7.71. The van der Waals surface area contributed by atoms with E-state index in [1.807, 2.05) is 0 Å². The monoisotopic (exact) mass is 792 g/mol. The van der Waals surface area contributed by atoms with Crippen LogP contribution in [0, 0.1) is 29.2 Å². The van der Waals surface area contributed by atoms with E-state index in [1.165, 1.54) is 43.4 Å². The molecule has 57 heavy (non-hydrogen) atoms. The highest BCUT2D eigenvalue weighted by atomic mass is 19.1. The van der Waals surface area contributed by atoms with Crippen molar-refractivity contribution >= 4 is 46.1 Å². The standard InChI is InChI=1S/C39H40F4N8O6/c1-18(2)32(49-39(55)57-4)37(53)51-14-6-8-26(51)36-46-24-16-22(41)29(31(43)34(24)48-36)20-11-9-19(10-12-20)28-21(40)15-23-33(30(28)42)47-35(45-23)25-7-5-13-50(25)27(52)17-44-38(54)56-3/h9-12,15-16,18,25-26,32H,5-8,13-14,17H2,1-4H3,(H,44,54)(H,45,47)(H,46,48)(H,49,55)/t25-,26-,32?/m0/s1. The number of alkyl carbamates (subject to hydrolysis) is 2. The van der Waals surface area contributed by atoms with Crippen LogP contribution in [-0.2, 0) is 19.1 Å². The minimum atomic E-state index is -0.941. The lowest BCUT2D eigenvalue weighted by molar-refractivity contribution is -0.135. The van der Waals surface area contributed by atoms with Gasteiger partial charge in [0.15, 0.2) is 11.6 Å². The fourth-order valence-corrected chi connectivity index (χ4v) is 7.71. The summed E-state index contributed by atoms with van der Waals surface area (Å²) in [5.41, 5.74) is -0.753. The summed E-state index contributed by atoms with van der Waals surface area (Å²) in [4.78, 5) is 67.6. The fraction of sp³-hybridized carbons (Fsp3) is 0.385. The van der Waals surface area contributed by atoms with Gasteiger partial charge < -0.3 is 39.9 Å². The molecule has 0 radical (unpaired) electrons. The van der Waals surface area contributed by atoms with Gasteiger partial charge in [-0.2, -0.15) is 0 Å². The molecule has 3 atom stereocenters. The zero-order chi connectivity index (χ0) is 40.7. The second-order valence-electron chi connectivity index (χ2n) is 14.3. The highest BCUT2D eigenvalue weighted by Gasteiger charge is 2.38. The second kappa shape index (κ2) is 15.7. The molecule has 2 aliphatic heterocycles. The molecule has 2 fully saturated rings. The molecular formula is C39H40F4N8O6. The Bertz CT molecular complexity index is 2380. The Balaban J connectivity index is 1.14. The highest BCUT2D eigenvalue weighted by Crippen LogP contribution is 2.39. The van der Waals surface area contributed by atoms with Crippen molar-refractivity contribution in [2.75, 3.05) is 33.9 Å². The van der Waals surface area contributed by atoms with Gasteiger partial charge in [-0.05, 0) is 42.7 Å². The van der Waals surface area contributed by atoms with Crippen molar-refractivity contribution in [1.82, 2.24) is 40.4 Å². The van der Waals surface area contributed by atoms with Gasteiger partial charge in [-0.25, -0.2) is 37.1 Å². The van der Waals surface area contributed by atoms with Crippen molar-refractivity contribution in [3.63, 3.8) is 0 Å². The number of rotatable bonds is 9. The van der Waals surface area contributed by atoms with Gasteiger partial charge in [-0.15, -0.1) is 0 Å². The molecule has 4 amide bonds. The van der Waals surface area contributed by atoms with Crippen molar-refractivity contribution in [3.05, 3.63) is 71.3 Å². The molecule has 4 heterocycles. The predicted molar refractivity (Wildman–Crippen MR) is 198 cm³/mol. The van der Waals surface area contributed by atoms with Crippen molar-refractivity contribution in [2.45, 2.75) is 57.7 Å². The van der Waals surface area contributed by atoms with Gasteiger partial charge in [0.25, 0.3) is 0 Å².